The molecular weight excluding hydrogens is 462 g/mol. The molecule has 0 bridgehead atoms. The first-order valence-corrected chi connectivity index (χ1v) is 10.3. The molecule has 0 amide bonds. The number of nitro groups is 1. The molecule has 1 aliphatic rings. The van der Waals surface area contributed by atoms with Crippen molar-refractivity contribution in [1.29, 1.82) is 0 Å². The van der Waals surface area contributed by atoms with E-state index in [1.165, 1.54) is 23.9 Å². The van der Waals surface area contributed by atoms with Crippen LogP contribution >= 0.6 is 27.7 Å². The molecule has 0 fully saturated rings. The molecular formula is C18H14BrN5O4S. The molecule has 0 saturated heterocycles. The predicted octanol–water partition coefficient (Wildman–Crippen LogP) is 4.76. The number of nitrogens with zero attached hydrogens (tertiary/aromatic N) is 4. The largest absolute Gasteiger partial charge is 0.448 e. The van der Waals surface area contributed by atoms with Gasteiger partial charge >= 0.3 is 5.88 Å². The Labute approximate surface area is 177 Å². The van der Waals surface area contributed by atoms with Crippen LogP contribution < -0.4 is 10.1 Å². The van der Waals surface area contributed by atoms with Gasteiger partial charge in [-0.3, -0.25) is 10.1 Å². The number of furan rings is 1. The van der Waals surface area contributed by atoms with Crippen molar-refractivity contribution in [2.75, 3.05) is 11.1 Å². The van der Waals surface area contributed by atoms with Gasteiger partial charge in [0.2, 0.25) is 11.0 Å². The summed E-state index contributed by atoms with van der Waals surface area (Å²) >= 11 is 4.94. The number of rotatable bonds is 5. The molecule has 148 valence electrons. The number of benzene rings is 1. The first-order valence-electron chi connectivity index (χ1n) is 8.56. The zero-order valence-electron chi connectivity index (χ0n) is 15.0. The van der Waals surface area contributed by atoms with E-state index in [-0.39, 0.29) is 5.88 Å². The molecule has 0 spiro atoms. The Bertz CT molecular complexity index is 1100. The number of thioether (sulfide) groups is 1. The number of hydrogen-bond donors (Lipinski definition) is 1. The lowest BCUT2D eigenvalue weighted by Crippen LogP contribution is -2.23. The van der Waals surface area contributed by atoms with Crippen molar-refractivity contribution < 1.29 is 14.1 Å². The van der Waals surface area contributed by atoms with Crippen LogP contribution in [0.25, 0.3) is 17.3 Å². The average Bonchev–Trinajstić information content (AvgIpc) is 3.12. The molecule has 29 heavy (non-hydrogen) atoms. The maximum Gasteiger partial charge on any atom is 0.433 e. The number of hydrogen-bond acceptors (Lipinski definition) is 9. The minimum atomic E-state index is -0.600. The highest BCUT2D eigenvalue weighted by Crippen LogP contribution is 2.38. The smallest absolute Gasteiger partial charge is 0.433 e. The number of fused-ring (bicyclic) bond motifs is 3. The lowest BCUT2D eigenvalue weighted by molar-refractivity contribution is -0.402. The first kappa shape index (κ1) is 19.4. The van der Waals surface area contributed by atoms with Crippen molar-refractivity contribution >= 4 is 45.3 Å². The molecule has 1 aromatic carbocycles. The van der Waals surface area contributed by atoms with Gasteiger partial charge in [0, 0.05) is 15.7 Å². The van der Waals surface area contributed by atoms with Gasteiger partial charge in [-0.25, -0.2) is 0 Å². The van der Waals surface area contributed by atoms with E-state index in [1.807, 2.05) is 25.1 Å². The molecule has 1 N–H and O–H groups in total. The molecule has 0 aliphatic carbocycles. The van der Waals surface area contributed by atoms with Gasteiger partial charge in [-0.1, -0.05) is 34.6 Å². The fraction of sp³-hybridized carbons (Fsp3) is 0.167. The summed E-state index contributed by atoms with van der Waals surface area (Å²) in [7, 11) is 0. The second-order valence-electron chi connectivity index (χ2n) is 5.85. The van der Waals surface area contributed by atoms with Crippen LogP contribution in [0.5, 0.6) is 5.88 Å². The second kappa shape index (κ2) is 8.21. The van der Waals surface area contributed by atoms with Crippen molar-refractivity contribution in [3.8, 4) is 17.1 Å². The summed E-state index contributed by atoms with van der Waals surface area (Å²) in [5.41, 5.74) is 2.12. The van der Waals surface area contributed by atoms with Gasteiger partial charge in [0.05, 0.1) is 6.07 Å². The Morgan fingerprint density at radius 1 is 1.34 bits per heavy atom. The lowest BCUT2D eigenvalue weighted by Gasteiger charge is -2.15. The van der Waals surface area contributed by atoms with E-state index in [0.717, 1.165) is 21.5 Å². The van der Waals surface area contributed by atoms with Gasteiger partial charge in [-0.05, 0) is 42.2 Å². The molecule has 1 atom stereocenters. The number of nitrogens with one attached hydrogen (secondary N) is 1. The minimum Gasteiger partial charge on any atom is -0.448 e. The molecule has 3 aromatic rings. The third-order valence-electron chi connectivity index (χ3n) is 3.91. The summed E-state index contributed by atoms with van der Waals surface area (Å²) in [4.78, 5) is 14.7. The zero-order chi connectivity index (χ0) is 20.4. The highest BCUT2D eigenvalue weighted by atomic mass is 79.9. The average molecular weight is 476 g/mol. The molecule has 11 heteroatoms. The normalized spacial score (nSPS) is 15.2. The predicted molar refractivity (Wildman–Crippen MR) is 112 cm³/mol. The second-order valence-corrected chi connectivity index (χ2v) is 7.99. The third kappa shape index (κ3) is 4.25. The van der Waals surface area contributed by atoms with E-state index in [4.69, 9.17) is 9.15 Å². The molecule has 1 unspecified atom stereocenters. The van der Waals surface area contributed by atoms with Gasteiger partial charge in [0.25, 0.3) is 0 Å². The van der Waals surface area contributed by atoms with Crippen LogP contribution in [0.1, 0.15) is 12.7 Å². The first-order chi connectivity index (χ1) is 14.0. The molecule has 0 saturated carbocycles. The number of anilines is 1. The maximum absolute atomic E-state index is 10.8. The number of ether oxygens (including phenoxy) is 1. The van der Waals surface area contributed by atoms with Crippen LogP contribution in [0.3, 0.4) is 0 Å². The van der Waals surface area contributed by atoms with E-state index in [0.29, 0.717) is 22.5 Å². The summed E-state index contributed by atoms with van der Waals surface area (Å²) in [6, 6.07) is 8.52. The van der Waals surface area contributed by atoms with E-state index in [9.17, 15) is 10.1 Å². The van der Waals surface area contributed by atoms with Crippen LogP contribution in [0.4, 0.5) is 11.6 Å². The van der Waals surface area contributed by atoms with Gasteiger partial charge in [-0.2, -0.15) is 4.98 Å². The van der Waals surface area contributed by atoms with Gasteiger partial charge < -0.3 is 14.5 Å². The van der Waals surface area contributed by atoms with Crippen LogP contribution in [-0.2, 0) is 0 Å². The van der Waals surface area contributed by atoms with Crippen LogP contribution in [0, 0.1) is 10.1 Å². The van der Waals surface area contributed by atoms with Gasteiger partial charge in [0.1, 0.15) is 10.7 Å². The van der Waals surface area contributed by atoms with Crippen molar-refractivity contribution in [1.82, 2.24) is 15.2 Å². The number of aromatic nitrogens is 3. The fourth-order valence-electron chi connectivity index (χ4n) is 2.68. The quantitative estimate of drug-likeness (QED) is 0.316. The molecule has 4 rings (SSSR count). The Morgan fingerprint density at radius 3 is 2.97 bits per heavy atom. The molecule has 0 radical (unpaired) electrons. The summed E-state index contributed by atoms with van der Waals surface area (Å²) in [5.74, 6) is 1.17. The van der Waals surface area contributed by atoms with E-state index in [2.05, 4.69) is 36.4 Å². The Hall–Kier alpha value is -2.92. The van der Waals surface area contributed by atoms with E-state index < -0.39 is 11.2 Å². The molecule has 2 aromatic heterocycles. The van der Waals surface area contributed by atoms with Crippen LogP contribution in [0.15, 0.2) is 50.5 Å². The highest BCUT2D eigenvalue weighted by Gasteiger charge is 2.24. The fourth-order valence-corrected chi connectivity index (χ4v) is 3.55. The highest BCUT2D eigenvalue weighted by molar-refractivity contribution is 9.10. The van der Waals surface area contributed by atoms with Gasteiger partial charge in [0.15, 0.2) is 11.9 Å². The van der Waals surface area contributed by atoms with Crippen molar-refractivity contribution in [2.24, 2.45) is 0 Å². The Kier molecular flexibility index (Phi) is 5.49. The third-order valence-corrected chi connectivity index (χ3v) is 5.12. The topological polar surface area (TPSA) is 116 Å². The van der Waals surface area contributed by atoms with E-state index in [1.54, 1.807) is 12.2 Å². The molecule has 9 nitrogen and oxygen atoms in total. The van der Waals surface area contributed by atoms with Crippen LogP contribution in [0.2, 0.25) is 0 Å². The summed E-state index contributed by atoms with van der Waals surface area (Å²) in [5, 5.41) is 23.1. The zero-order valence-corrected chi connectivity index (χ0v) is 17.4. The molecule has 1 aliphatic heterocycles. The summed E-state index contributed by atoms with van der Waals surface area (Å²) in [6.45, 7) is 2.00. The molecule has 3 heterocycles. The monoisotopic (exact) mass is 475 g/mol. The minimum absolute atomic E-state index is 0.321. The van der Waals surface area contributed by atoms with Crippen molar-refractivity contribution in [2.45, 2.75) is 18.3 Å². The maximum atomic E-state index is 10.8. The van der Waals surface area contributed by atoms with Crippen LogP contribution in [-0.4, -0.2) is 32.1 Å². The van der Waals surface area contributed by atoms with E-state index >= 15 is 0 Å². The SMILES string of the molecule is CCSc1nnc2c(n1)OC(C=Cc1ccc([N+](=O)[O-])o1)Nc1ccc(Br)cc1-2. The van der Waals surface area contributed by atoms with Crippen molar-refractivity contribution in [3.05, 3.63) is 56.8 Å². The Balaban J connectivity index is 1.70. The summed E-state index contributed by atoms with van der Waals surface area (Å²) < 4.78 is 12.1. The van der Waals surface area contributed by atoms with Gasteiger partial charge in [-0.15, -0.1) is 10.2 Å². The number of halogens is 1. The standard InChI is InChI=1S/C18H14BrN5O4S/c1-2-29-18-21-17-16(22-23-18)12-9-10(19)3-6-13(12)20-14(28-17)7-4-11-5-8-15(27-11)24(25)26/h3-9,14,20H,2H2,1H3. The van der Waals surface area contributed by atoms with Crippen molar-refractivity contribution in [3.63, 3.8) is 0 Å². The lowest BCUT2D eigenvalue weighted by atomic mass is 10.1. The summed E-state index contributed by atoms with van der Waals surface area (Å²) in [6.07, 6.45) is 2.69. The Morgan fingerprint density at radius 2 is 2.21 bits per heavy atom.